The summed E-state index contributed by atoms with van der Waals surface area (Å²) in [7, 11) is 1.52. The Labute approximate surface area is 144 Å². The summed E-state index contributed by atoms with van der Waals surface area (Å²) in [5.41, 5.74) is -2.72. The third kappa shape index (κ3) is 1.55. The fourth-order valence-corrected chi connectivity index (χ4v) is 4.62. The van der Waals surface area contributed by atoms with Gasteiger partial charge >= 0.3 is 0 Å². The zero-order chi connectivity index (χ0) is 18.1. The number of para-hydroxylation sites is 1. The summed E-state index contributed by atoms with van der Waals surface area (Å²) >= 11 is 0. The SMILES string of the molecule is CCC12OC(C(C)=O)(C(=O)N1C)C1C(=O)N(c3ccccc3)C(=O)C12. The highest BCUT2D eigenvalue weighted by Gasteiger charge is 2.82. The molecule has 0 radical (unpaired) electrons. The molecule has 7 nitrogen and oxygen atoms in total. The number of ketones is 1. The van der Waals surface area contributed by atoms with Gasteiger partial charge in [0.05, 0.1) is 5.69 Å². The van der Waals surface area contributed by atoms with E-state index < -0.39 is 46.7 Å². The first-order chi connectivity index (χ1) is 11.8. The van der Waals surface area contributed by atoms with E-state index in [1.807, 2.05) is 0 Å². The molecule has 4 atom stereocenters. The maximum atomic E-state index is 13.1. The summed E-state index contributed by atoms with van der Waals surface area (Å²) in [6.07, 6.45) is 0.313. The zero-order valence-electron chi connectivity index (χ0n) is 14.2. The van der Waals surface area contributed by atoms with Crippen LogP contribution in [0.2, 0.25) is 0 Å². The predicted molar refractivity (Wildman–Crippen MR) is 86.2 cm³/mol. The van der Waals surface area contributed by atoms with Gasteiger partial charge < -0.3 is 9.64 Å². The summed E-state index contributed by atoms with van der Waals surface area (Å²) in [6, 6.07) is 8.55. The smallest absolute Gasteiger partial charge is 0.265 e. The van der Waals surface area contributed by atoms with Crippen LogP contribution in [0.25, 0.3) is 0 Å². The van der Waals surface area contributed by atoms with Crippen molar-refractivity contribution in [3.05, 3.63) is 30.3 Å². The van der Waals surface area contributed by atoms with Crippen molar-refractivity contribution in [3.63, 3.8) is 0 Å². The van der Waals surface area contributed by atoms with E-state index in [-0.39, 0.29) is 0 Å². The van der Waals surface area contributed by atoms with Gasteiger partial charge in [-0.2, -0.15) is 0 Å². The van der Waals surface area contributed by atoms with Crippen LogP contribution < -0.4 is 4.90 Å². The highest BCUT2D eigenvalue weighted by atomic mass is 16.6. The van der Waals surface area contributed by atoms with Gasteiger partial charge in [0.25, 0.3) is 5.91 Å². The van der Waals surface area contributed by atoms with Crippen LogP contribution in [0.4, 0.5) is 5.69 Å². The number of Topliss-reactive ketones (excluding diaryl/α,β-unsaturated/α-hetero) is 1. The summed E-state index contributed by atoms with van der Waals surface area (Å²) in [4.78, 5) is 53.9. The number of likely N-dealkylation sites (tertiary alicyclic amines) is 1. The van der Waals surface area contributed by atoms with Gasteiger partial charge in [-0.3, -0.25) is 19.2 Å². The number of fused-ring (bicyclic) bond motifs is 5. The quantitative estimate of drug-likeness (QED) is 0.597. The van der Waals surface area contributed by atoms with E-state index >= 15 is 0 Å². The van der Waals surface area contributed by atoms with E-state index in [1.165, 1.54) is 18.9 Å². The molecule has 3 fully saturated rings. The lowest BCUT2D eigenvalue weighted by atomic mass is 9.72. The van der Waals surface area contributed by atoms with Crippen LogP contribution in [0, 0.1) is 11.8 Å². The number of nitrogens with zero attached hydrogens (tertiary/aromatic N) is 2. The zero-order valence-corrected chi connectivity index (χ0v) is 14.2. The molecule has 4 unspecified atom stereocenters. The lowest BCUT2D eigenvalue weighted by Gasteiger charge is -2.37. The number of amides is 3. The van der Waals surface area contributed by atoms with Crippen LogP contribution in [-0.4, -0.2) is 46.8 Å². The number of piperidine rings is 1. The van der Waals surface area contributed by atoms with E-state index in [9.17, 15) is 19.2 Å². The molecule has 3 amide bonds. The molecule has 0 N–H and O–H groups in total. The molecule has 3 heterocycles. The first kappa shape index (κ1) is 16.0. The molecule has 0 saturated carbocycles. The molecule has 25 heavy (non-hydrogen) atoms. The van der Waals surface area contributed by atoms with E-state index in [0.717, 1.165) is 4.90 Å². The Balaban J connectivity index is 1.92. The Morgan fingerprint density at radius 2 is 1.72 bits per heavy atom. The maximum Gasteiger partial charge on any atom is 0.265 e. The van der Waals surface area contributed by atoms with Crippen molar-refractivity contribution >= 4 is 29.2 Å². The van der Waals surface area contributed by atoms with Gasteiger partial charge in [0.1, 0.15) is 11.8 Å². The number of rotatable bonds is 3. The topological polar surface area (TPSA) is 84.0 Å². The fourth-order valence-electron chi connectivity index (χ4n) is 4.62. The van der Waals surface area contributed by atoms with Crippen LogP contribution in [-0.2, 0) is 23.9 Å². The molecular formula is C18H18N2O5. The number of hydrogen-bond acceptors (Lipinski definition) is 5. The number of benzene rings is 1. The van der Waals surface area contributed by atoms with E-state index in [1.54, 1.807) is 37.3 Å². The maximum absolute atomic E-state index is 13.1. The Hall–Kier alpha value is -2.54. The molecule has 4 rings (SSSR count). The van der Waals surface area contributed by atoms with Crippen molar-refractivity contribution < 1.29 is 23.9 Å². The van der Waals surface area contributed by atoms with Crippen molar-refractivity contribution in [2.75, 3.05) is 11.9 Å². The molecule has 130 valence electrons. The van der Waals surface area contributed by atoms with E-state index in [4.69, 9.17) is 4.74 Å². The minimum absolute atomic E-state index is 0.313. The van der Waals surface area contributed by atoms with Gasteiger partial charge in [-0.25, -0.2) is 4.90 Å². The van der Waals surface area contributed by atoms with Crippen molar-refractivity contribution in [3.8, 4) is 0 Å². The number of ether oxygens (including phenoxy) is 1. The third-order valence-corrected chi connectivity index (χ3v) is 5.80. The summed E-state index contributed by atoms with van der Waals surface area (Å²) in [5, 5.41) is 0. The molecule has 0 spiro atoms. The first-order valence-corrected chi connectivity index (χ1v) is 8.25. The average molecular weight is 342 g/mol. The van der Waals surface area contributed by atoms with Gasteiger partial charge in [0, 0.05) is 7.05 Å². The minimum Gasteiger partial charge on any atom is -0.330 e. The molecular weight excluding hydrogens is 324 g/mol. The largest absolute Gasteiger partial charge is 0.330 e. The monoisotopic (exact) mass is 342 g/mol. The number of carbonyl (C=O) groups excluding carboxylic acids is 4. The molecule has 1 aromatic carbocycles. The highest BCUT2D eigenvalue weighted by Crippen LogP contribution is 2.60. The van der Waals surface area contributed by atoms with Crippen LogP contribution in [0.1, 0.15) is 20.3 Å². The Morgan fingerprint density at radius 3 is 2.28 bits per heavy atom. The van der Waals surface area contributed by atoms with Gasteiger partial charge in [0.15, 0.2) is 11.5 Å². The second-order valence-electron chi connectivity index (χ2n) is 6.76. The molecule has 0 aromatic heterocycles. The molecule has 1 aromatic rings. The molecule has 2 bridgehead atoms. The lowest BCUT2D eigenvalue weighted by molar-refractivity contribution is -0.155. The summed E-state index contributed by atoms with van der Waals surface area (Å²) < 4.78 is 5.93. The van der Waals surface area contributed by atoms with Crippen LogP contribution in [0.3, 0.4) is 0 Å². The molecule has 7 heteroatoms. The van der Waals surface area contributed by atoms with Crippen molar-refractivity contribution in [2.24, 2.45) is 11.8 Å². The van der Waals surface area contributed by atoms with Gasteiger partial charge in [-0.05, 0) is 25.5 Å². The standard InChI is InChI=1S/C18H18N2O5/c1-4-17-12-13(18(25-17,10(2)21)16(24)19(17)3)15(23)20(14(12)22)11-8-6-5-7-9-11/h5-9,12-13H,4H2,1-3H3. The number of carbonyl (C=O) groups is 4. The molecule has 0 aliphatic carbocycles. The first-order valence-electron chi connectivity index (χ1n) is 8.25. The lowest BCUT2D eigenvalue weighted by Crippen LogP contribution is -2.60. The van der Waals surface area contributed by atoms with Gasteiger partial charge in [-0.15, -0.1) is 0 Å². The number of anilines is 1. The van der Waals surface area contributed by atoms with E-state index in [2.05, 4.69) is 0 Å². The molecule has 3 aliphatic heterocycles. The fraction of sp³-hybridized carbons (Fsp3) is 0.444. The van der Waals surface area contributed by atoms with Crippen molar-refractivity contribution in [1.82, 2.24) is 4.90 Å². The Kier molecular flexibility index (Phi) is 3.04. The predicted octanol–water partition coefficient (Wildman–Crippen LogP) is 0.728. The number of hydrogen-bond donors (Lipinski definition) is 0. The van der Waals surface area contributed by atoms with Gasteiger partial charge in [0.2, 0.25) is 17.4 Å². The Bertz CT molecular complexity index is 822. The normalized spacial score (nSPS) is 36.4. The highest BCUT2D eigenvalue weighted by molar-refractivity contribution is 6.28. The van der Waals surface area contributed by atoms with Crippen molar-refractivity contribution in [2.45, 2.75) is 31.6 Å². The summed E-state index contributed by atoms with van der Waals surface area (Å²) in [5.74, 6) is -4.04. The third-order valence-electron chi connectivity index (χ3n) is 5.80. The van der Waals surface area contributed by atoms with Crippen LogP contribution in [0.15, 0.2) is 30.3 Å². The number of imide groups is 1. The van der Waals surface area contributed by atoms with E-state index in [0.29, 0.717) is 12.1 Å². The summed E-state index contributed by atoms with van der Waals surface area (Å²) in [6.45, 7) is 3.02. The average Bonchev–Trinajstić information content (AvgIpc) is 3.15. The minimum atomic E-state index is -1.90. The van der Waals surface area contributed by atoms with Crippen LogP contribution in [0.5, 0.6) is 0 Å². The number of likely N-dealkylation sites (N-methyl/N-ethyl adjacent to an activating group) is 1. The second-order valence-corrected chi connectivity index (χ2v) is 6.76. The van der Waals surface area contributed by atoms with Crippen molar-refractivity contribution in [1.29, 1.82) is 0 Å². The van der Waals surface area contributed by atoms with Gasteiger partial charge in [-0.1, -0.05) is 25.1 Å². The second kappa shape index (κ2) is 4.76. The molecule has 3 aliphatic rings. The molecule has 3 saturated heterocycles. The Morgan fingerprint density at radius 1 is 1.12 bits per heavy atom. The van der Waals surface area contributed by atoms with Crippen LogP contribution >= 0.6 is 0 Å².